The summed E-state index contributed by atoms with van der Waals surface area (Å²) in [5, 5.41) is 37.1. The highest BCUT2D eigenvalue weighted by Crippen LogP contribution is 2.26. The molecule has 0 saturated heterocycles. The number of aromatic nitrogens is 6. The molecule has 1 unspecified atom stereocenters. The number of nitrogens with zero attached hydrogens (tertiary/aromatic N) is 7. The number of non-ortho nitro benzene ring substituents is 1. The van der Waals surface area contributed by atoms with Gasteiger partial charge in [-0.05, 0) is 11.6 Å². The fourth-order valence-corrected chi connectivity index (χ4v) is 3.49. The lowest BCUT2D eigenvalue weighted by Gasteiger charge is -2.29. The number of hydrogen-bond donors (Lipinski definition) is 2. The standard InChI is InChI=1S/C21H20F2N8O3/c22-16-3-6-19(20(23)7-16)21(32,12-30-14-25-13-26-30)11-24-8-17-10-29(28-27-17)9-15-1-4-18(5-2-15)31(33)34/h1-7,10,13-14,24,32H,8-9,11-12H2. The lowest BCUT2D eigenvalue weighted by atomic mass is 9.92. The Morgan fingerprint density at radius 2 is 1.94 bits per heavy atom. The van der Waals surface area contributed by atoms with Crippen LogP contribution in [0.2, 0.25) is 0 Å². The van der Waals surface area contributed by atoms with Gasteiger partial charge in [-0.1, -0.05) is 23.4 Å². The van der Waals surface area contributed by atoms with Crippen molar-refractivity contribution in [3.8, 4) is 0 Å². The van der Waals surface area contributed by atoms with Crippen molar-refractivity contribution in [2.45, 2.75) is 25.2 Å². The normalized spacial score (nSPS) is 13.0. The van der Waals surface area contributed by atoms with Crippen LogP contribution in [0.5, 0.6) is 0 Å². The second-order valence-corrected chi connectivity index (χ2v) is 7.68. The summed E-state index contributed by atoms with van der Waals surface area (Å²) in [6, 6.07) is 9.10. The van der Waals surface area contributed by atoms with E-state index >= 15 is 0 Å². The number of nitro benzene ring substituents is 1. The fourth-order valence-electron chi connectivity index (χ4n) is 3.49. The van der Waals surface area contributed by atoms with Crippen molar-refractivity contribution in [2.75, 3.05) is 6.54 Å². The summed E-state index contributed by atoms with van der Waals surface area (Å²) >= 11 is 0. The fraction of sp³-hybridized carbons (Fsp3) is 0.238. The van der Waals surface area contributed by atoms with Gasteiger partial charge in [0.2, 0.25) is 0 Å². The molecule has 2 aromatic carbocycles. The topological polar surface area (TPSA) is 137 Å². The molecular formula is C21H20F2N8O3. The summed E-state index contributed by atoms with van der Waals surface area (Å²) in [5.41, 5.74) is -0.462. The monoisotopic (exact) mass is 470 g/mol. The van der Waals surface area contributed by atoms with Crippen LogP contribution in [0.1, 0.15) is 16.8 Å². The van der Waals surface area contributed by atoms with Crippen molar-refractivity contribution in [3.63, 3.8) is 0 Å². The van der Waals surface area contributed by atoms with E-state index < -0.39 is 22.2 Å². The molecule has 2 N–H and O–H groups in total. The van der Waals surface area contributed by atoms with Crippen molar-refractivity contribution in [1.29, 1.82) is 0 Å². The van der Waals surface area contributed by atoms with Crippen molar-refractivity contribution >= 4 is 5.69 Å². The van der Waals surface area contributed by atoms with Crippen molar-refractivity contribution in [1.82, 2.24) is 35.1 Å². The molecular weight excluding hydrogens is 450 g/mol. The van der Waals surface area contributed by atoms with Gasteiger partial charge in [0.1, 0.15) is 29.9 Å². The zero-order chi connectivity index (χ0) is 24.1. The molecule has 0 saturated carbocycles. The van der Waals surface area contributed by atoms with Crippen molar-refractivity contribution in [2.24, 2.45) is 0 Å². The summed E-state index contributed by atoms with van der Waals surface area (Å²) in [6.07, 6.45) is 4.36. The Balaban J connectivity index is 1.41. The molecule has 4 rings (SSSR count). The van der Waals surface area contributed by atoms with Crippen LogP contribution in [-0.4, -0.2) is 46.3 Å². The largest absolute Gasteiger partial charge is 0.382 e. The molecule has 0 fully saturated rings. The average Bonchev–Trinajstić information content (AvgIpc) is 3.46. The zero-order valence-corrected chi connectivity index (χ0v) is 17.8. The first-order valence-corrected chi connectivity index (χ1v) is 10.2. The minimum atomic E-state index is -1.75. The van der Waals surface area contributed by atoms with Crippen LogP contribution in [0, 0.1) is 21.7 Å². The second kappa shape index (κ2) is 9.80. The van der Waals surface area contributed by atoms with Crippen LogP contribution < -0.4 is 5.32 Å². The number of aliphatic hydroxyl groups is 1. The maximum atomic E-state index is 14.5. The molecule has 13 heteroatoms. The van der Waals surface area contributed by atoms with Gasteiger partial charge < -0.3 is 10.4 Å². The quantitative estimate of drug-likeness (QED) is 0.264. The third-order valence-corrected chi connectivity index (χ3v) is 5.12. The average molecular weight is 470 g/mol. The Hall–Kier alpha value is -4.10. The van der Waals surface area contributed by atoms with E-state index in [2.05, 4.69) is 25.7 Å². The highest BCUT2D eigenvalue weighted by atomic mass is 19.1. The molecule has 4 aromatic rings. The van der Waals surface area contributed by atoms with E-state index in [9.17, 15) is 24.0 Å². The van der Waals surface area contributed by atoms with Gasteiger partial charge in [-0.25, -0.2) is 23.1 Å². The van der Waals surface area contributed by atoms with Gasteiger partial charge in [0.15, 0.2) is 0 Å². The molecule has 0 radical (unpaired) electrons. The summed E-state index contributed by atoms with van der Waals surface area (Å²) in [4.78, 5) is 14.1. The van der Waals surface area contributed by atoms with Crippen LogP contribution in [0.4, 0.5) is 14.5 Å². The molecule has 34 heavy (non-hydrogen) atoms. The maximum absolute atomic E-state index is 14.5. The molecule has 0 amide bonds. The number of benzene rings is 2. The number of rotatable bonds is 10. The van der Waals surface area contributed by atoms with Gasteiger partial charge in [0, 0.05) is 36.9 Å². The highest BCUT2D eigenvalue weighted by Gasteiger charge is 2.33. The van der Waals surface area contributed by atoms with Gasteiger partial charge in [0.05, 0.1) is 29.9 Å². The van der Waals surface area contributed by atoms with Gasteiger partial charge in [-0.15, -0.1) is 5.10 Å². The minimum absolute atomic E-state index is 0.00296. The lowest BCUT2D eigenvalue weighted by molar-refractivity contribution is -0.384. The summed E-state index contributed by atoms with van der Waals surface area (Å²) in [6.45, 7) is 0.366. The van der Waals surface area contributed by atoms with E-state index in [0.29, 0.717) is 18.3 Å². The first kappa shape index (κ1) is 23.1. The third kappa shape index (κ3) is 5.44. The van der Waals surface area contributed by atoms with Crippen molar-refractivity contribution < 1.29 is 18.8 Å². The van der Waals surface area contributed by atoms with E-state index in [-0.39, 0.29) is 30.9 Å². The van der Waals surface area contributed by atoms with Crippen molar-refractivity contribution in [3.05, 3.63) is 99.9 Å². The third-order valence-electron chi connectivity index (χ3n) is 5.12. The molecule has 0 aliphatic carbocycles. The second-order valence-electron chi connectivity index (χ2n) is 7.68. The number of hydrogen-bond acceptors (Lipinski definition) is 8. The Kier molecular flexibility index (Phi) is 6.65. The SMILES string of the molecule is O=[N+]([O-])c1ccc(Cn2cc(CNCC(O)(Cn3cncn3)c3ccc(F)cc3F)nn2)cc1. The first-order valence-electron chi connectivity index (χ1n) is 10.2. The molecule has 0 spiro atoms. The van der Waals surface area contributed by atoms with Crippen LogP contribution in [0.15, 0.2) is 61.3 Å². The Morgan fingerprint density at radius 3 is 2.62 bits per heavy atom. The Bertz CT molecular complexity index is 1260. The van der Waals surface area contributed by atoms with Gasteiger partial charge in [-0.3, -0.25) is 10.1 Å². The first-order chi connectivity index (χ1) is 16.3. The van der Waals surface area contributed by atoms with E-state index in [4.69, 9.17) is 0 Å². The van der Waals surface area contributed by atoms with E-state index in [1.807, 2.05) is 0 Å². The molecule has 176 valence electrons. The summed E-state index contributed by atoms with van der Waals surface area (Å²) in [5.74, 6) is -1.62. The predicted molar refractivity (Wildman–Crippen MR) is 114 cm³/mol. The Morgan fingerprint density at radius 1 is 1.15 bits per heavy atom. The minimum Gasteiger partial charge on any atom is -0.382 e. The number of nitrogens with one attached hydrogen (secondary N) is 1. The highest BCUT2D eigenvalue weighted by molar-refractivity contribution is 5.33. The molecule has 0 aliphatic rings. The van der Waals surface area contributed by atoms with E-state index in [0.717, 1.165) is 11.6 Å². The lowest BCUT2D eigenvalue weighted by Crippen LogP contribution is -2.42. The summed E-state index contributed by atoms with van der Waals surface area (Å²) < 4.78 is 30.8. The van der Waals surface area contributed by atoms with Gasteiger partial charge >= 0.3 is 0 Å². The molecule has 11 nitrogen and oxygen atoms in total. The summed E-state index contributed by atoms with van der Waals surface area (Å²) in [7, 11) is 0. The smallest absolute Gasteiger partial charge is 0.269 e. The molecule has 2 aromatic heterocycles. The van der Waals surface area contributed by atoms with Gasteiger partial charge in [-0.2, -0.15) is 5.10 Å². The maximum Gasteiger partial charge on any atom is 0.269 e. The van der Waals surface area contributed by atoms with Crippen LogP contribution in [-0.2, 0) is 25.2 Å². The number of halogens is 2. The van der Waals surface area contributed by atoms with E-state index in [1.54, 1.807) is 23.0 Å². The van der Waals surface area contributed by atoms with Crippen LogP contribution in [0.25, 0.3) is 0 Å². The van der Waals surface area contributed by atoms with E-state index in [1.165, 1.54) is 35.5 Å². The van der Waals surface area contributed by atoms with Gasteiger partial charge in [0.25, 0.3) is 5.69 Å². The zero-order valence-electron chi connectivity index (χ0n) is 17.8. The Labute approximate surface area is 191 Å². The molecule has 2 heterocycles. The molecule has 1 atom stereocenters. The number of nitro groups is 1. The van der Waals surface area contributed by atoms with Crippen LogP contribution >= 0.6 is 0 Å². The van der Waals surface area contributed by atoms with Crippen LogP contribution in [0.3, 0.4) is 0 Å². The predicted octanol–water partition coefficient (Wildman–Crippen LogP) is 1.78. The molecule has 0 bridgehead atoms. The molecule has 0 aliphatic heterocycles.